The van der Waals surface area contributed by atoms with Crippen LogP contribution in [0.15, 0.2) is 52.5 Å². The van der Waals surface area contributed by atoms with Crippen LogP contribution in [0.4, 0.5) is 0 Å². The van der Waals surface area contributed by atoms with E-state index in [-0.39, 0.29) is 5.78 Å². The third-order valence-corrected chi connectivity index (χ3v) is 3.30. The van der Waals surface area contributed by atoms with Gasteiger partial charge in [-0.1, -0.05) is 29.5 Å². The molecule has 1 aromatic carbocycles. The molecule has 1 heterocycles. The van der Waals surface area contributed by atoms with Crippen molar-refractivity contribution >= 4 is 17.5 Å². The average Bonchev–Trinajstić information content (AvgIpc) is 2.29. The smallest absolute Gasteiger partial charge is 0.161 e. The van der Waals surface area contributed by atoms with E-state index < -0.39 is 0 Å². The van der Waals surface area contributed by atoms with E-state index in [0.717, 1.165) is 9.92 Å². The summed E-state index contributed by atoms with van der Waals surface area (Å²) in [6.07, 6.45) is 1.63. The van der Waals surface area contributed by atoms with Gasteiger partial charge in [0.2, 0.25) is 0 Å². The number of Topliss-reactive ketones (excluding diaryl/α,β-unsaturated/α-hetero) is 1. The predicted octanol–water partition coefficient (Wildman–Crippen LogP) is 3.74. The Morgan fingerprint density at radius 2 is 2.06 bits per heavy atom. The van der Waals surface area contributed by atoms with Crippen molar-refractivity contribution in [3.05, 3.63) is 53.7 Å². The van der Waals surface area contributed by atoms with Gasteiger partial charge >= 0.3 is 0 Å². The van der Waals surface area contributed by atoms with E-state index in [1.807, 2.05) is 18.2 Å². The number of hydrogen-bond donors (Lipinski definition) is 0. The molecule has 0 aliphatic carbocycles. The monoisotopic (exact) mass is 243 g/mol. The standard InChI is InChI=1S/C14H13NOS/c1-10-4-3-5-13(8-10)17-14-7-6-12(9-15-14)11(2)16/h3-9H,1-2H3. The number of aromatic nitrogens is 1. The number of carbonyl (C=O) groups is 1. The van der Waals surface area contributed by atoms with Crippen LogP contribution in [0.1, 0.15) is 22.8 Å². The summed E-state index contributed by atoms with van der Waals surface area (Å²) in [4.78, 5) is 16.5. The van der Waals surface area contributed by atoms with Gasteiger partial charge in [-0.05, 0) is 38.1 Å². The summed E-state index contributed by atoms with van der Waals surface area (Å²) in [6, 6.07) is 12.0. The Hall–Kier alpha value is -1.61. The molecule has 0 N–H and O–H groups in total. The molecule has 0 bridgehead atoms. The molecular weight excluding hydrogens is 230 g/mol. The SMILES string of the molecule is CC(=O)c1ccc(Sc2cccc(C)c2)nc1. The van der Waals surface area contributed by atoms with Crippen LogP contribution >= 0.6 is 11.8 Å². The van der Waals surface area contributed by atoms with Gasteiger partial charge in [-0.2, -0.15) is 0 Å². The van der Waals surface area contributed by atoms with E-state index in [1.54, 1.807) is 24.9 Å². The summed E-state index contributed by atoms with van der Waals surface area (Å²) in [5.41, 5.74) is 1.88. The second-order valence-corrected chi connectivity index (χ2v) is 4.95. The Balaban J connectivity index is 2.16. The Bertz CT molecular complexity index is 534. The lowest BCUT2D eigenvalue weighted by Crippen LogP contribution is -1.92. The highest BCUT2D eigenvalue weighted by Crippen LogP contribution is 2.26. The summed E-state index contributed by atoms with van der Waals surface area (Å²) in [6.45, 7) is 3.61. The molecule has 2 nitrogen and oxygen atoms in total. The van der Waals surface area contributed by atoms with Crippen LogP contribution in [-0.2, 0) is 0 Å². The van der Waals surface area contributed by atoms with Gasteiger partial charge in [0.25, 0.3) is 0 Å². The number of nitrogens with zero attached hydrogens (tertiary/aromatic N) is 1. The van der Waals surface area contributed by atoms with Gasteiger partial charge in [0, 0.05) is 16.7 Å². The Morgan fingerprint density at radius 1 is 1.24 bits per heavy atom. The number of aryl methyl sites for hydroxylation is 1. The molecule has 2 rings (SSSR count). The second kappa shape index (κ2) is 5.15. The molecule has 86 valence electrons. The predicted molar refractivity (Wildman–Crippen MR) is 69.5 cm³/mol. The van der Waals surface area contributed by atoms with Gasteiger partial charge in [0.05, 0.1) is 0 Å². The van der Waals surface area contributed by atoms with Gasteiger partial charge in [-0.25, -0.2) is 4.98 Å². The second-order valence-electron chi connectivity index (χ2n) is 3.86. The number of benzene rings is 1. The lowest BCUT2D eigenvalue weighted by atomic mass is 10.2. The fourth-order valence-electron chi connectivity index (χ4n) is 1.45. The average molecular weight is 243 g/mol. The minimum absolute atomic E-state index is 0.0459. The minimum atomic E-state index is 0.0459. The van der Waals surface area contributed by atoms with Crippen molar-refractivity contribution < 1.29 is 4.79 Å². The molecule has 0 atom stereocenters. The Kier molecular flexibility index (Phi) is 3.59. The van der Waals surface area contributed by atoms with Crippen LogP contribution in [0.25, 0.3) is 0 Å². The summed E-state index contributed by atoms with van der Waals surface area (Å²) in [5, 5.41) is 0.903. The lowest BCUT2D eigenvalue weighted by Gasteiger charge is -2.02. The minimum Gasteiger partial charge on any atom is -0.294 e. The van der Waals surface area contributed by atoms with E-state index in [1.165, 1.54) is 5.56 Å². The molecule has 0 fully saturated rings. The molecule has 0 amide bonds. The zero-order valence-electron chi connectivity index (χ0n) is 9.81. The topological polar surface area (TPSA) is 30.0 Å². The first-order chi connectivity index (χ1) is 8.15. The summed E-state index contributed by atoms with van der Waals surface area (Å²) >= 11 is 1.60. The van der Waals surface area contributed by atoms with E-state index in [4.69, 9.17) is 0 Å². The molecular formula is C14H13NOS. The molecule has 0 radical (unpaired) electrons. The summed E-state index contributed by atoms with van der Waals surface area (Å²) < 4.78 is 0. The third kappa shape index (κ3) is 3.17. The highest BCUT2D eigenvalue weighted by atomic mass is 32.2. The van der Waals surface area contributed by atoms with Crippen molar-refractivity contribution in [3.63, 3.8) is 0 Å². The molecule has 0 saturated carbocycles. The van der Waals surface area contributed by atoms with Crippen molar-refractivity contribution in [3.8, 4) is 0 Å². The van der Waals surface area contributed by atoms with Crippen LogP contribution in [0, 0.1) is 6.92 Å². The first kappa shape index (κ1) is 11.9. The van der Waals surface area contributed by atoms with Crippen LogP contribution in [0.5, 0.6) is 0 Å². The van der Waals surface area contributed by atoms with Crippen molar-refractivity contribution in [1.29, 1.82) is 0 Å². The molecule has 2 aromatic rings. The van der Waals surface area contributed by atoms with E-state index in [2.05, 4.69) is 30.1 Å². The molecule has 0 aliphatic rings. The molecule has 3 heteroatoms. The number of pyridine rings is 1. The largest absolute Gasteiger partial charge is 0.294 e. The van der Waals surface area contributed by atoms with Crippen LogP contribution in [0.2, 0.25) is 0 Å². The zero-order valence-corrected chi connectivity index (χ0v) is 10.6. The van der Waals surface area contributed by atoms with Gasteiger partial charge in [-0.15, -0.1) is 0 Å². The molecule has 1 aromatic heterocycles. The van der Waals surface area contributed by atoms with Crippen LogP contribution in [-0.4, -0.2) is 10.8 Å². The molecule has 0 saturated heterocycles. The normalized spacial score (nSPS) is 10.2. The quantitative estimate of drug-likeness (QED) is 0.769. The van der Waals surface area contributed by atoms with Gasteiger partial charge < -0.3 is 0 Å². The van der Waals surface area contributed by atoms with Gasteiger partial charge in [0.1, 0.15) is 5.03 Å². The molecule has 0 spiro atoms. The third-order valence-electron chi connectivity index (χ3n) is 2.35. The maximum atomic E-state index is 11.1. The van der Waals surface area contributed by atoms with Crippen molar-refractivity contribution in [2.45, 2.75) is 23.8 Å². The summed E-state index contributed by atoms with van der Waals surface area (Å²) in [7, 11) is 0. The van der Waals surface area contributed by atoms with Crippen molar-refractivity contribution in [2.75, 3.05) is 0 Å². The first-order valence-electron chi connectivity index (χ1n) is 5.36. The number of hydrogen-bond acceptors (Lipinski definition) is 3. The van der Waals surface area contributed by atoms with E-state index in [9.17, 15) is 4.79 Å². The maximum Gasteiger partial charge on any atom is 0.161 e. The van der Waals surface area contributed by atoms with Gasteiger partial charge in [0.15, 0.2) is 5.78 Å². The van der Waals surface area contributed by atoms with Crippen LogP contribution < -0.4 is 0 Å². The van der Waals surface area contributed by atoms with Crippen molar-refractivity contribution in [2.24, 2.45) is 0 Å². The molecule has 0 aliphatic heterocycles. The fraction of sp³-hybridized carbons (Fsp3) is 0.143. The Labute approximate surface area is 105 Å². The first-order valence-corrected chi connectivity index (χ1v) is 6.18. The van der Waals surface area contributed by atoms with E-state index in [0.29, 0.717) is 5.56 Å². The summed E-state index contributed by atoms with van der Waals surface area (Å²) in [5.74, 6) is 0.0459. The zero-order chi connectivity index (χ0) is 12.3. The Morgan fingerprint density at radius 3 is 2.65 bits per heavy atom. The van der Waals surface area contributed by atoms with Gasteiger partial charge in [-0.3, -0.25) is 4.79 Å². The molecule has 17 heavy (non-hydrogen) atoms. The number of carbonyl (C=O) groups excluding carboxylic acids is 1. The number of rotatable bonds is 3. The highest BCUT2D eigenvalue weighted by molar-refractivity contribution is 7.99. The maximum absolute atomic E-state index is 11.1. The highest BCUT2D eigenvalue weighted by Gasteiger charge is 2.02. The molecule has 0 unspecified atom stereocenters. The fourth-order valence-corrected chi connectivity index (χ4v) is 2.32. The van der Waals surface area contributed by atoms with Crippen molar-refractivity contribution in [1.82, 2.24) is 4.98 Å². The van der Waals surface area contributed by atoms with E-state index >= 15 is 0 Å². The lowest BCUT2D eigenvalue weighted by molar-refractivity contribution is 0.101. The van der Waals surface area contributed by atoms with Crippen LogP contribution in [0.3, 0.4) is 0 Å². The number of ketones is 1.